The topological polar surface area (TPSA) is 43.3 Å². The van der Waals surface area contributed by atoms with E-state index in [1.807, 2.05) is 10.6 Å². The SMILES string of the molecule is NCc1ncc2c(-c3cc(F)cc(F)c3)cccn12. The van der Waals surface area contributed by atoms with Gasteiger partial charge in [-0.25, -0.2) is 13.8 Å². The normalized spacial score (nSPS) is 11.1. The molecule has 0 saturated heterocycles. The molecular weight excluding hydrogens is 248 g/mol. The van der Waals surface area contributed by atoms with Gasteiger partial charge in [-0.2, -0.15) is 0 Å². The number of hydrogen-bond acceptors (Lipinski definition) is 2. The summed E-state index contributed by atoms with van der Waals surface area (Å²) in [6.45, 7) is 0.301. The zero-order chi connectivity index (χ0) is 13.4. The fourth-order valence-corrected chi connectivity index (χ4v) is 2.18. The van der Waals surface area contributed by atoms with E-state index in [9.17, 15) is 8.78 Å². The summed E-state index contributed by atoms with van der Waals surface area (Å²) in [5, 5.41) is 0. The maximum absolute atomic E-state index is 13.3. The molecule has 0 spiro atoms. The van der Waals surface area contributed by atoms with Crippen molar-refractivity contribution in [3.63, 3.8) is 0 Å². The highest BCUT2D eigenvalue weighted by atomic mass is 19.1. The third-order valence-electron chi connectivity index (χ3n) is 3.00. The van der Waals surface area contributed by atoms with Crippen molar-refractivity contribution in [2.75, 3.05) is 0 Å². The summed E-state index contributed by atoms with van der Waals surface area (Å²) >= 11 is 0. The highest BCUT2D eigenvalue weighted by Crippen LogP contribution is 2.26. The highest BCUT2D eigenvalue weighted by molar-refractivity contribution is 5.80. The molecule has 2 N–H and O–H groups in total. The molecule has 0 aliphatic rings. The smallest absolute Gasteiger partial charge is 0.127 e. The van der Waals surface area contributed by atoms with Crippen molar-refractivity contribution < 1.29 is 8.78 Å². The summed E-state index contributed by atoms with van der Waals surface area (Å²) < 4.78 is 28.4. The molecule has 19 heavy (non-hydrogen) atoms. The van der Waals surface area contributed by atoms with Gasteiger partial charge >= 0.3 is 0 Å². The van der Waals surface area contributed by atoms with Crippen LogP contribution < -0.4 is 5.73 Å². The number of halogens is 2. The molecule has 1 aromatic carbocycles. The fourth-order valence-electron chi connectivity index (χ4n) is 2.18. The lowest BCUT2D eigenvalue weighted by atomic mass is 10.1. The number of nitrogens with two attached hydrogens (primary N) is 1. The molecule has 3 aromatic rings. The van der Waals surface area contributed by atoms with Crippen molar-refractivity contribution in [1.29, 1.82) is 0 Å². The molecule has 2 aromatic heterocycles. The van der Waals surface area contributed by atoms with Crippen LogP contribution in [0.15, 0.2) is 42.7 Å². The van der Waals surface area contributed by atoms with Gasteiger partial charge in [0.1, 0.15) is 17.5 Å². The molecule has 0 amide bonds. The Kier molecular flexibility index (Phi) is 2.76. The third-order valence-corrected chi connectivity index (χ3v) is 3.00. The lowest BCUT2D eigenvalue weighted by Gasteiger charge is -2.06. The first-order valence-electron chi connectivity index (χ1n) is 5.80. The Morgan fingerprint density at radius 1 is 1.16 bits per heavy atom. The van der Waals surface area contributed by atoms with Crippen LogP contribution in [0.3, 0.4) is 0 Å². The van der Waals surface area contributed by atoms with Crippen molar-refractivity contribution in [2.24, 2.45) is 5.73 Å². The number of hydrogen-bond donors (Lipinski definition) is 1. The Morgan fingerprint density at radius 3 is 2.58 bits per heavy atom. The first-order valence-corrected chi connectivity index (χ1v) is 5.80. The quantitative estimate of drug-likeness (QED) is 0.769. The second kappa shape index (κ2) is 4.44. The molecule has 0 bridgehead atoms. The lowest BCUT2D eigenvalue weighted by molar-refractivity contribution is 0.584. The van der Waals surface area contributed by atoms with Crippen molar-refractivity contribution in [3.8, 4) is 11.1 Å². The average Bonchev–Trinajstić information content (AvgIpc) is 2.80. The molecule has 0 atom stereocenters. The average molecular weight is 259 g/mol. The van der Waals surface area contributed by atoms with E-state index in [1.165, 1.54) is 12.1 Å². The molecule has 0 aliphatic carbocycles. The fraction of sp³-hybridized carbons (Fsp3) is 0.0714. The van der Waals surface area contributed by atoms with Gasteiger partial charge in [-0.05, 0) is 23.8 Å². The van der Waals surface area contributed by atoms with Crippen LogP contribution in [-0.4, -0.2) is 9.38 Å². The standard InChI is InChI=1S/C14H11F2N3/c15-10-4-9(5-11(16)6-10)12-2-1-3-19-13(12)8-18-14(19)7-17/h1-6,8H,7,17H2. The van der Waals surface area contributed by atoms with Gasteiger partial charge in [0, 0.05) is 17.8 Å². The van der Waals surface area contributed by atoms with Gasteiger partial charge in [0.2, 0.25) is 0 Å². The largest absolute Gasteiger partial charge is 0.324 e. The molecule has 3 nitrogen and oxygen atoms in total. The van der Waals surface area contributed by atoms with Gasteiger partial charge in [-0.1, -0.05) is 6.07 Å². The summed E-state index contributed by atoms with van der Waals surface area (Å²) in [6.07, 6.45) is 3.48. The molecule has 3 rings (SSSR count). The van der Waals surface area contributed by atoms with Gasteiger partial charge in [-0.15, -0.1) is 0 Å². The Labute approximate surface area is 108 Å². The summed E-state index contributed by atoms with van der Waals surface area (Å²) in [5.41, 5.74) is 7.56. The van der Waals surface area contributed by atoms with E-state index in [-0.39, 0.29) is 0 Å². The molecule has 0 radical (unpaired) electrons. The van der Waals surface area contributed by atoms with Crippen LogP contribution in [0.2, 0.25) is 0 Å². The van der Waals surface area contributed by atoms with Gasteiger partial charge in [0.05, 0.1) is 18.3 Å². The highest BCUT2D eigenvalue weighted by Gasteiger charge is 2.09. The summed E-state index contributed by atoms with van der Waals surface area (Å²) in [7, 11) is 0. The number of benzene rings is 1. The van der Waals surface area contributed by atoms with E-state index in [2.05, 4.69) is 4.98 Å². The van der Waals surface area contributed by atoms with Crippen molar-refractivity contribution in [3.05, 3.63) is 60.2 Å². The number of rotatable bonds is 2. The predicted molar refractivity (Wildman–Crippen MR) is 68.4 cm³/mol. The third kappa shape index (κ3) is 1.98. The zero-order valence-corrected chi connectivity index (χ0v) is 9.98. The van der Waals surface area contributed by atoms with Crippen LogP contribution >= 0.6 is 0 Å². The Morgan fingerprint density at radius 2 is 1.89 bits per heavy atom. The number of imidazole rings is 1. The number of nitrogens with zero attached hydrogens (tertiary/aromatic N) is 2. The Hall–Kier alpha value is -2.27. The molecule has 0 aliphatic heterocycles. The first kappa shape index (κ1) is 11.8. The predicted octanol–water partition coefficient (Wildman–Crippen LogP) is 2.74. The van der Waals surface area contributed by atoms with Crippen molar-refractivity contribution in [1.82, 2.24) is 9.38 Å². The molecule has 96 valence electrons. The lowest BCUT2D eigenvalue weighted by Crippen LogP contribution is -2.02. The maximum Gasteiger partial charge on any atom is 0.127 e. The monoisotopic (exact) mass is 259 g/mol. The van der Waals surface area contributed by atoms with E-state index in [4.69, 9.17) is 5.73 Å². The van der Waals surface area contributed by atoms with Crippen LogP contribution in [0.1, 0.15) is 5.82 Å². The van der Waals surface area contributed by atoms with Crippen molar-refractivity contribution in [2.45, 2.75) is 6.54 Å². The minimum absolute atomic E-state index is 0.301. The van der Waals surface area contributed by atoms with Crippen LogP contribution in [0.4, 0.5) is 8.78 Å². The van der Waals surface area contributed by atoms with Crippen LogP contribution in [0, 0.1) is 11.6 Å². The van der Waals surface area contributed by atoms with Crippen LogP contribution in [-0.2, 0) is 6.54 Å². The van der Waals surface area contributed by atoms with E-state index < -0.39 is 11.6 Å². The summed E-state index contributed by atoms with van der Waals surface area (Å²) in [6, 6.07) is 7.05. The minimum Gasteiger partial charge on any atom is -0.324 e. The molecule has 0 unspecified atom stereocenters. The Balaban J connectivity index is 2.27. The zero-order valence-electron chi connectivity index (χ0n) is 9.98. The molecule has 2 heterocycles. The van der Waals surface area contributed by atoms with Crippen molar-refractivity contribution >= 4 is 5.52 Å². The number of aromatic nitrogens is 2. The summed E-state index contributed by atoms with van der Waals surface area (Å²) in [5.74, 6) is -0.500. The second-order valence-electron chi connectivity index (χ2n) is 4.21. The number of pyridine rings is 1. The molecule has 0 saturated carbocycles. The van der Waals surface area contributed by atoms with E-state index in [0.717, 1.165) is 11.6 Å². The molecular formula is C14H11F2N3. The van der Waals surface area contributed by atoms with E-state index in [0.29, 0.717) is 23.5 Å². The first-order chi connectivity index (χ1) is 9.19. The van der Waals surface area contributed by atoms with Crippen LogP contribution in [0.25, 0.3) is 16.6 Å². The van der Waals surface area contributed by atoms with Gasteiger partial charge in [-0.3, -0.25) is 0 Å². The molecule has 5 heteroatoms. The molecule has 0 fully saturated rings. The van der Waals surface area contributed by atoms with Gasteiger partial charge in [0.25, 0.3) is 0 Å². The number of fused-ring (bicyclic) bond motifs is 1. The second-order valence-corrected chi connectivity index (χ2v) is 4.21. The van der Waals surface area contributed by atoms with E-state index in [1.54, 1.807) is 18.3 Å². The van der Waals surface area contributed by atoms with E-state index >= 15 is 0 Å². The minimum atomic E-state index is -0.601. The van der Waals surface area contributed by atoms with Gasteiger partial charge < -0.3 is 10.1 Å². The maximum atomic E-state index is 13.3. The van der Waals surface area contributed by atoms with Gasteiger partial charge in [0.15, 0.2) is 0 Å². The Bertz CT molecular complexity index is 729. The van der Waals surface area contributed by atoms with Crippen LogP contribution in [0.5, 0.6) is 0 Å². The summed E-state index contributed by atoms with van der Waals surface area (Å²) in [4.78, 5) is 4.20.